The van der Waals surface area contributed by atoms with Crippen molar-refractivity contribution < 1.29 is 14.3 Å². The molecule has 0 heterocycles. The summed E-state index contributed by atoms with van der Waals surface area (Å²) in [5.74, 6) is -0.662. The molecule has 1 aliphatic carbocycles. The van der Waals surface area contributed by atoms with Crippen molar-refractivity contribution in [3.63, 3.8) is 0 Å². The van der Waals surface area contributed by atoms with Crippen LogP contribution in [0.15, 0.2) is 28.7 Å². The summed E-state index contributed by atoms with van der Waals surface area (Å²) in [6.45, 7) is 2.38. The number of ether oxygens (including phenoxy) is 1. The van der Waals surface area contributed by atoms with Crippen LogP contribution in [0.5, 0.6) is 0 Å². The van der Waals surface area contributed by atoms with Gasteiger partial charge in [-0.3, -0.25) is 4.79 Å². The van der Waals surface area contributed by atoms with Crippen LogP contribution in [0.2, 0.25) is 0 Å². The van der Waals surface area contributed by atoms with Crippen molar-refractivity contribution in [2.24, 2.45) is 5.92 Å². The molecule has 126 valence electrons. The lowest BCUT2D eigenvalue weighted by Gasteiger charge is -2.31. The third kappa shape index (κ3) is 5.34. The number of hydrogen-bond acceptors (Lipinski definition) is 3. The summed E-state index contributed by atoms with van der Waals surface area (Å²) in [5.41, 5.74) is 1.21. The van der Waals surface area contributed by atoms with E-state index in [0.29, 0.717) is 12.5 Å². The molecule has 4 nitrogen and oxygen atoms in total. The van der Waals surface area contributed by atoms with Crippen molar-refractivity contribution in [3.8, 4) is 0 Å². The van der Waals surface area contributed by atoms with Gasteiger partial charge in [-0.25, -0.2) is 4.79 Å². The highest BCUT2D eigenvalue weighted by Gasteiger charge is 2.26. The number of carbonyl (C=O) groups is 2. The quantitative estimate of drug-likeness (QED) is 0.623. The van der Waals surface area contributed by atoms with Gasteiger partial charge in [-0.05, 0) is 43.4 Å². The first-order valence-electron chi connectivity index (χ1n) is 8.32. The van der Waals surface area contributed by atoms with Gasteiger partial charge in [0.25, 0.3) is 0 Å². The molecule has 1 saturated carbocycles. The molecule has 0 saturated heterocycles. The molecule has 5 heteroatoms. The summed E-state index contributed by atoms with van der Waals surface area (Å²) >= 11 is 3.46. The molecule has 0 spiro atoms. The SMILES string of the molecule is CCOC(=O)C(=O)NCC(c1ccc(Br)cc1)C1CCCCC1. The first-order valence-corrected chi connectivity index (χ1v) is 9.11. The van der Waals surface area contributed by atoms with Crippen LogP contribution in [0.4, 0.5) is 0 Å². The van der Waals surface area contributed by atoms with Crippen LogP contribution >= 0.6 is 15.9 Å². The van der Waals surface area contributed by atoms with Gasteiger partial charge < -0.3 is 10.1 Å². The molecule has 1 aromatic rings. The maximum Gasteiger partial charge on any atom is 0.396 e. The Morgan fingerprint density at radius 3 is 2.48 bits per heavy atom. The highest BCUT2D eigenvalue weighted by molar-refractivity contribution is 9.10. The zero-order valence-corrected chi connectivity index (χ0v) is 15.1. The fourth-order valence-corrected chi connectivity index (χ4v) is 3.54. The molecule has 1 aliphatic rings. The predicted octanol–water partition coefficient (Wildman–Crippen LogP) is 3.79. The molecule has 1 unspecified atom stereocenters. The number of nitrogens with one attached hydrogen (secondary N) is 1. The van der Waals surface area contributed by atoms with Crippen LogP contribution in [-0.2, 0) is 14.3 Å². The molecule has 1 amide bonds. The normalized spacial score (nSPS) is 16.6. The van der Waals surface area contributed by atoms with Crippen molar-refractivity contribution in [3.05, 3.63) is 34.3 Å². The Labute approximate surface area is 146 Å². The Morgan fingerprint density at radius 1 is 1.22 bits per heavy atom. The summed E-state index contributed by atoms with van der Waals surface area (Å²) in [6, 6.07) is 8.25. The number of rotatable bonds is 5. The van der Waals surface area contributed by atoms with Gasteiger partial charge in [0, 0.05) is 16.9 Å². The summed E-state index contributed by atoms with van der Waals surface area (Å²) < 4.78 is 5.79. The fraction of sp³-hybridized carbons (Fsp3) is 0.556. The lowest BCUT2D eigenvalue weighted by atomic mass is 9.77. The van der Waals surface area contributed by atoms with E-state index in [1.165, 1.54) is 37.7 Å². The van der Waals surface area contributed by atoms with Crippen LogP contribution in [0.1, 0.15) is 50.5 Å². The van der Waals surface area contributed by atoms with E-state index in [1.807, 2.05) is 12.1 Å². The number of hydrogen-bond donors (Lipinski definition) is 1. The first-order chi connectivity index (χ1) is 11.1. The molecule has 1 aromatic carbocycles. The summed E-state index contributed by atoms with van der Waals surface area (Å²) in [7, 11) is 0. The molecular formula is C18H24BrNO3. The lowest BCUT2D eigenvalue weighted by Crippen LogP contribution is -2.37. The van der Waals surface area contributed by atoms with E-state index >= 15 is 0 Å². The summed E-state index contributed by atoms with van der Waals surface area (Å²) in [4.78, 5) is 23.3. The smallest absolute Gasteiger partial charge is 0.396 e. The molecule has 1 N–H and O–H groups in total. The van der Waals surface area contributed by atoms with E-state index in [-0.39, 0.29) is 12.5 Å². The molecule has 0 aliphatic heterocycles. The molecule has 0 bridgehead atoms. The molecule has 23 heavy (non-hydrogen) atoms. The van der Waals surface area contributed by atoms with Gasteiger partial charge in [-0.2, -0.15) is 0 Å². The third-order valence-electron chi connectivity index (χ3n) is 4.46. The summed E-state index contributed by atoms with van der Waals surface area (Å²) in [5, 5.41) is 2.75. The zero-order valence-electron chi connectivity index (χ0n) is 13.5. The largest absolute Gasteiger partial charge is 0.459 e. The molecule has 0 radical (unpaired) electrons. The van der Waals surface area contributed by atoms with Gasteiger partial charge in [-0.1, -0.05) is 47.3 Å². The maximum atomic E-state index is 11.8. The van der Waals surface area contributed by atoms with Gasteiger partial charge >= 0.3 is 11.9 Å². The van der Waals surface area contributed by atoms with Crippen LogP contribution in [0.25, 0.3) is 0 Å². The van der Waals surface area contributed by atoms with Crippen LogP contribution in [0, 0.1) is 5.92 Å². The average molecular weight is 382 g/mol. The molecule has 2 rings (SSSR count). The van der Waals surface area contributed by atoms with Crippen LogP contribution < -0.4 is 5.32 Å². The van der Waals surface area contributed by atoms with Gasteiger partial charge in [0.05, 0.1) is 6.61 Å². The van der Waals surface area contributed by atoms with Crippen molar-refractivity contribution in [1.82, 2.24) is 5.32 Å². The third-order valence-corrected chi connectivity index (χ3v) is 4.99. The highest BCUT2D eigenvalue weighted by Crippen LogP contribution is 2.36. The second kappa shape index (κ2) is 9.06. The fourth-order valence-electron chi connectivity index (χ4n) is 3.27. The standard InChI is InChI=1S/C18H24BrNO3/c1-2-23-18(22)17(21)20-12-16(13-6-4-3-5-7-13)14-8-10-15(19)11-9-14/h8-11,13,16H,2-7,12H2,1H3,(H,20,21). The second-order valence-corrected chi connectivity index (χ2v) is 6.90. The number of esters is 1. The number of carbonyl (C=O) groups excluding carboxylic acids is 2. The minimum Gasteiger partial charge on any atom is -0.459 e. The predicted molar refractivity (Wildman–Crippen MR) is 93.1 cm³/mol. The molecule has 0 aromatic heterocycles. The molecular weight excluding hydrogens is 358 g/mol. The van der Waals surface area contributed by atoms with E-state index in [0.717, 1.165) is 4.47 Å². The highest BCUT2D eigenvalue weighted by atomic mass is 79.9. The van der Waals surface area contributed by atoms with Crippen molar-refractivity contribution in [2.75, 3.05) is 13.2 Å². The van der Waals surface area contributed by atoms with E-state index < -0.39 is 11.9 Å². The lowest BCUT2D eigenvalue weighted by molar-refractivity contribution is -0.154. The Morgan fingerprint density at radius 2 is 1.87 bits per heavy atom. The Balaban J connectivity index is 2.05. The Bertz CT molecular complexity index is 524. The molecule has 1 fully saturated rings. The van der Waals surface area contributed by atoms with Gasteiger partial charge in [-0.15, -0.1) is 0 Å². The second-order valence-electron chi connectivity index (χ2n) is 5.99. The number of halogens is 1. The topological polar surface area (TPSA) is 55.4 Å². The van der Waals surface area contributed by atoms with Gasteiger partial charge in [0.1, 0.15) is 0 Å². The van der Waals surface area contributed by atoms with Gasteiger partial charge in [0.15, 0.2) is 0 Å². The van der Waals surface area contributed by atoms with Gasteiger partial charge in [0.2, 0.25) is 0 Å². The monoisotopic (exact) mass is 381 g/mol. The van der Waals surface area contributed by atoms with Crippen molar-refractivity contribution >= 4 is 27.8 Å². The minimum atomic E-state index is -0.800. The summed E-state index contributed by atoms with van der Waals surface area (Å²) in [6.07, 6.45) is 6.12. The van der Waals surface area contributed by atoms with Crippen LogP contribution in [0.3, 0.4) is 0 Å². The van der Waals surface area contributed by atoms with E-state index in [2.05, 4.69) is 33.4 Å². The maximum absolute atomic E-state index is 11.8. The van der Waals surface area contributed by atoms with Crippen molar-refractivity contribution in [1.29, 1.82) is 0 Å². The average Bonchev–Trinajstić information content (AvgIpc) is 2.57. The van der Waals surface area contributed by atoms with Crippen LogP contribution in [-0.4, -0.2) is 25.0 Å². The number of benzene rings is 1. The number of amides is 1. The van der Waals surface area contributed by atoms with E-state index in [1.54, 1.807) is 6.92 Å². The Hall–Kier alpha value is -1.36. The molecule has 1 atom stereocenters. The van der Waals surface area contributed by atoms with E-state index in [4.69, 9.17) is 4.74 Å². The van der Waals surface area contributed by atoms with E-state index in [9.17, 15) is 9.59 Å². The zero-order chi connectivity index (χ0) is 16.7. The van der Waals surface area contributed by atoms with Crippen molar-refractivity contribution in [2.45, 2.75) is 44.9 Å². The minimum absolute atomic E-state index is 0.213. The Kier molecular flexibility index (Phi) is 7.09. The first kappa shape index (κ1) is 18.0.